The number of benzene rings is 1. The Morgan fingerprint density at radius 1 is 1.35 bits per heavy atom. The van der Waals surface area contributed by atoms with Gasteiger partial charge in [-0.05, 0) is 99.3 Å². The van der Waals surface area contributed by atoms with Crippen molar-refractivity contribution in [1.82, 2.24) is 4.90 Å². The minimum atomic E-state index is -0.296. The molecule has 7 heteroatoms. The molecule has 1 aromatic carbocycles. The van der Waals surface area contributed by atoms with Crippen LogP contribution in [0.1, 0.15) is 12.8 Å². The van der Waals surface area contributed by atoms with Gasteiger partial charge < -0.3 is 10.4 Å². The molecule has 0 unspecified atom stereocenters. The van der Waals surface area contributed by atoms with Crippen LogP contribution < -0.4 is 5.32 Å². The summed E-state index contributed by atoms with van der Waals surface area (Å²) in [5.41, 5.74) is 0.883. The van der Waals surface area contributed by atoms with Crippen LogP contribution in [0.2, 0.25) is 0 Å². The molecule has 0 aromatic heterocycles. The third kappa shape index (κ3) is 4.92. The number of rotatable bonds is 3. The number of hydrogen-bond donors (Lipinski definition) is 2. The highest BCUT2D eigenvalue weighted by Crippen LogP contribution is 2.27. The van der Waals surface area contributed by atoms with Gasteiger partial charge in [0.05, 0.1) is 18.3 Å². The Morgan fingerprint density at radius 3 is 2.60 bits per heavy atom. The minimum Gasteiger partial charge on any atom is -0.392 e. The lowest BCUT2D eigenvalue weighted by Gasteiger charge is -2.29. The van der Waals surface area contributed by atoms with E-state index in [0.717, 1.165) is 35.8 Å². The first-order valence-electron chi connectivity index (χ1n) is 6.30. The fraction of sp³-hybridized carbons (Fsp3) is 0.462. The molecule has 1 atom stereocenters. The van der Waals surface area contributed by atoms with Crippen LogP contribution in [0.25, 0.3) is 0 Å². The fourth-order valence-electron chi connectivity index (χ4n) is 2.22. The highest BCUT2D eigenvalue weighted by Gasteiger charge is 2.20. The molecule has 110 valence electrons. The number of hydrogen-bond acceptors (Lipinski definition) is 3. The Morgan fingerprint density at radius 2 is 2.00 bits per heavy atom. The molecule has 1 fully saturated rings. The Kier molecular flexibility index (Phi) is 6.76. The number of carbonyl (C=O) groups excluding carboxylic acids is 1. The summed E-state index contributed by atoms with van der Waals surface area (Å²) >= 11 is 6.75. The number of anilines is 1. The van der Waals surface area contributed by atoms with Crippen LogP contribution in [-0.2, 0) is 4.79 Å². The zero-order valence-electron chi connectivity index (χ0n) is 10.7. The van der Waals surface area contributed by atoms with Gasteiger partial charge in [-0.3, -0.25) is 9.69 Å². The SMILES string of the molecule is O=C(CN1CCC[C@H](O)C1)Nc1c(I)cc(I)cc1I. The molecule has 2 N–H and O–H groups in total. The van der Waals surface area contributed by atoms with E-state index in [-0.39, 0.29) is 12.0 Å². The minimum absolute atomic E-state index is 0.0175. The second kappa shape index (κ2) is 7.88. The number of carbonyl (C=O) groups is 1. The van der Waals surface area contributed by atoms with Gasteiger partial charge in [-0.1, -0.05) is 0 Å². The topological polar surface area (TPSA) is 52.6 Å². The number of aliphatic hydroxyl groups excluding tert-OH is 1. The molecule has 0 aliphatic carbocycles. The molecular weight excluding hydrogens is 597 g/mol. The maximum absolute atomic E-state index is 12.1. The number of halogens is 3. The van der Waals surface area contributed by atoms with Gasteiger partial charge in [0.2, 0.25) is 5.91 Å². The number of piperidine rings is 1. The number of β-amino-alcohol motifs (C(OH)–C–C–N with tert-alkyl or cyclic N) is 1. The molecule has 0 saturated carbocycles. The Labute approximate surface area is 159 Å². The molecule has 0 spiro atoms. The quantitative estimate of drug-likeness (QED) is 0.517. The summed E-state index contributed by atoms with van der Waals surface area (Å²) in [5.74, 6) is -0.0175. The normalized spacial score (nSPS) is 19.9. The smallest absolute Gasteiger partial charge is 0.238 e. The lowest BCUT2D eigenvalue weighted by atomic mass is 10.1. The average Bonchev–Trinajstić information content (AvgIpc) is 2.33. The summed E-state index contributed by atoms with van der Waals surface area (Å²) in [6, 6.07) is 4.09. The van der Waals surface area contributed by atoms with Crippen molar-refractivity contribution in [3.8, 4) is 0 Å². The number of nitrogens with zero attached hydrogens (tertiary/aromatic N) is 1. The molecule has 2 rings (SSSR count). The van der Waals surface area contributed by atoms with Crippen molar-refractivity contribution in [3.05, 3.63) is 22.8 Å². The van der Waals surface area contributed by atoms with E-state index >= 15 is 0 Å². The van der Waals surface area contributed by atoms with E-state index in [4.69, 9.17) is 0 Å². The molecule has 4 nitrogen and oxygen atoms in total. The van der Waals surface area contributed by atoms with Gasteiger partial charge in [-0.2, -0.15) is 0 Å². The monoisotopic (exact) mass is 612 g/mol. The van der Waals surface area contributed by atoms with Gasteiger partial charge in [0.25, 0.3) is 0 Å². The van der Waals surface area contributed by atoms with Crippen LogP contribution in [0.5, 0.6) is 0 Å². The zero-order valence-corrected chi connectivity index (χ0v) is 17.2. The average molecular weight is 612 g/mol. The van der Waals surface area contributed by atoms with Crippen LogP contribution in [0.3, 0.4) is 0 Å². The Balaban J connectivity index is 1.98. The van der Waals surface area contributed by atoms with Gasteiger partial charge in [-0.15, -0.1) is 0 Å². The van der Waals surface area contributed by atoms with Gasteiger partial charge in [0.15, 0.2) is 0 Å². The van der Waals surface area contributed by atoms with Crippen LogP contribution >= 0.6 is 67.8 Å². The van der Waals surface area contributed by atoms with Crippen LogP contribution in [0, 0.1) is 10.7 Å². The van der Waals surface area contributed by atoms with E-state index in [9.17, 15) is 9.90 Å². The van der Waals surface area contributed by atoms with Gasteiger partial charge >= 0.3 is 0 Å². The lowest BCUT2D eigenvalue weighted by Crippen LogP contribution is -2.42. The van der Waals surface area contributed by atoms with Crippen LogP contribution in [0.4, 0.5) is 5.69 Å². The van der Waals surface area contributed by atoms with Crippen molar-refractivity contribution in [3.63, 3.8) is 0 Å². The van der Waals surface area contributed by atoms with Crippen molar-refractivity contribution >= 4 is 79.4 Å². The summed E-state index contributed by atoms with van der Waals surface area (Å²) in [6.45, 7) is 1.81. The van der Waals surface area contributed by atoms with E-state index in [1.165, 1.54) is 0 Å². The maximum atomic E-state index is 12.1. The number of aliphatic hydroxyl groups is 1. The molecular formula is C13H15I3N2O2. The third-order valence-corrected chi connectivity index (χ3v) is 5.44. The summed E-state index contributed by atoms with van der Waals surface area (Å²) in [6.07, 6.45) is 1.49. The summed E-state index contributed by atoms with van der Waals surface area (Å²) in [7, 11) is 0. The number of nitrogens with one attached hydrogen (secondary N) is 1. The molecule has 1 saturated heterocycles. The van der Waals surface area contributed by atoms with Gasteiger partial charge in [0.1, 0.15) is 0 Å². The fourth-order valence-corrected chi connectivity index (χ4v) is 6.07. The molecule has 1 aliphatic heterocycles. The first kappa shape index (κ1) is 17.2. The van der Waals surface area contributed by atoms with E-state index in [1.54, 1.807) is 0 Å². The van der Waals surface area contributed by atoms with E-state index in [2.05, 4.69) is 73.1 Å². The molecule has 1 amide bonds. The van der Waals surface area contributed by atoms with Gasteiger partial charge in [0, 0.05) is 17.3 Å². The Bertz CT molecular complexity index is 487. The molecule has 20 heavy (non-hydrogen) atoms. The second-order valence-electron chi connectivity index (χ2n) is 4.82. The number of amides is 1. The van der Waals surface area contributed by atoms with Crippen molar-refractivity contribution in [1.29, 1.82) is 0 Å². The van der Waals surface area contributed by atoms with E-state index in [0.29, 0.717) is 13.1 Å². The molecule has 0 bridgehead atoms. The zero-order chi connectivity index (χ0) is 14.7. The van der Waals surface area contributed by atoms with E-state index in [1.807, 2.05) is 17.0 Å². The van der Waals surface area contributed by atoms with E-state index < -0.39 is 0 Å². The van der Waals surface area contributed by atoms with Crippen molar-refractivity contribution in [2.75, 3.05) is 25.0 Å². The van der Waals surface area contributed by atoms with Crippen LogP contribution in [0.15, 0.2) is 12.1 Å². The summed E-state index contributed by atoms with van der Waals surface area (Å²) in [5, 5.41) is 12.6. The first-order chi connectivity index (χ1) is 9.45. The molecule has 1 heterocycles. The largest absolute Gasteiger partial charge is 0.392 e. The highest BCUT2D eigenvalue weighted by atomic mass is 127. The third-order valence-electron chi connectivity index (χ3n) is 3.12. The number of likely N-dealkylation sites (tertiary alicyclic amines) is 1. The lowest BCUT2D eigenvalue weighted by molar-refractivity contribution is -0.118. The van der Waals surface area contributed by atoms with Gasteiger partial charge in [-0.25, -0.2) is 0 Å². The predicted molar refractivity (Wildman–Crippen MR) is 105 cm³/mol. The summed E-state index contributed by atoms with van der Waals surface area (Å²) in [4.78, 5) is 14.1. The highest BCUT2D eigenvalue weighted by molar-refractivity contribution is 14.1. The van der Waals surface area contributed by atoms with Crippen LogP contribution in [-0.4, -0.2) is 41.7 Å². The second-order valence-corrected chi connectivity index (χ2v) is 8.39. The maximum Gasteiger partial charge on any atom is 0.238 e. The standard InChI is InChI=1S/C13H15I3N2O2/c14-8-4-10(15)13(11(16)5-8)17-12(20)7-18-3-1-2-9(19)6-18/h4-5,9,19H,1-3,6-7H2,(H,17,20)/t9-/m0/s1. The van der Waals surface area contributed by atoms with Crippen molar-refractivity contribution < 1.29 is 9.90 Å². The van der Waals surface area contributed by atoms with Crippen molar-refractivity contribution in [2.24, 2.45) is 0 Å². The van der Waals surface area contributed by atoms with Crippen molar-refractivity contribution in [2.45, 2.75) is 18.9 Å². The predicted octanol–water partition coefficient (Wildman–Crippen LogP) is 2.90. The summed E-state index contributed by atoms with van der Waals surface area (Å²) < 4.78 is 3.26. The molecule has 1 aliphatic rings. The first-order valence-corrected chi connectivity index (χ1v) is 9.54. The molecule has 1 aromatic rings. The Hall–Kier alpha value is 0.800. The molecule has 0 radical (unpaired) electrons.